The molecule has 0 heterocycles. The average molecular weight is 370 g/mol. The lowest BCUT2D eigenvalue weighted by molar-refractivity contribution is -0.308. The van der Waals surface area contributed by atoms with E-state index in [0.29, 0.717) is 18.9 Å². The van der Waals surface area contributed by atoms with Crippen LogP contribution in [0.3, 0.4) is 0 Å². The van der Waals surface area contributed by atoms with E-state index in [1.165, 1.54) is 0 Å². The van der Waals surface area contributed by atoms with Gasteiger partial charge in [0.1, 0.15) is 10.3 Å². The Morgan fingerprint density at radius 2 is 1.83 bits per heavy atom. The van der Waals surface area contributed by atoms with Crippen molar-refractivity contribution in [3.63, 3.8) is 0 Å². The van der Waals surface area contributed by atoms with Crippen LogP contribution in [0.2, 0.25) is 0 Å². The van der Waals surface area contributed by atoms with Gasteiger partial charge in [-0.15, -0.1) is 0 Å². The number of carboxylic acid groups (broad SMARTS) is 1. The van der Waals surface area contributed by atoms with Crippen LogP contribution in [0, 0.1) is 11.8 Å². The highest BCUT2D eigenvalue weighted by Gasteiger charge is 2.46. The molecule has 2 aliphatic carbocycles. The molecule has 4 nitrogen and oxygen atoms in total. The number of halogens is 5. The second-order valence-electron chi connectivity index (χ2n) is 5.45. The molecule has 1 saturated carbocycles. The van der Waals surface area contributed by atoms with Crippen LogP contribution >= 0.6 is 23.2 Å². The summed E-state index contributed by atoms with van der Waals surface area (Å²) in [7, 11) is 0. The molecule has 23 heavy (non-hydrogen) atoms. The maximum Gasteiger partial charge on any atom is 0.413 e. The standard InChI is InChI=1S/C14H11Cl2F3O4/c15-13(16)4-3-7(8(5-13)14(17,18)19)11(21)9(12(22)23)10(20)6-1-2-6/h3-4,6,9H,1-2,5H2,(H,22,23)/p-1. The monoisotopic (exact) mass is 369 g/mol. The second-order valence-corrected chi connectivity index (χ2v) is 7.00. The van der Waals surface area contributed by atoms with Crippen LogP contribution in [-0.4, -0.2) is 28.0 Å². The molecule has 0 N–H and O–H groups in total. The molecular formula is C14H10Cl2F3O4-. The highest BCUT2D eigenvalue weighted by molar-refractivity contribution is 6.50. The number of carboxylic acids is 1. The summed E-state index contributed by atoms with van der Waals surface area (Å²) in [6.07, 6.45) is -3.39. The summed E-state index contributed by atoms with van der Waals surface area (Å²) in [5.74, 6) is -7.26. The number of Topliss-reactive ketones (excluding diaryl/α,β-unsaturated/α-hetero) is 2. The average Bonchev–Trinajstić information content (AvgIpc) is 3.20. The molecule has 2 rings (SSSR count). The highest BCUT2D eigenvalue weighted by Crippen LogP contribution is 2.44. The first-order valence-electron chi connectivity index (χ1n) is 6.60. The van der Waals surface area contributed by atoms with Crippen molar-refractivity contribution in [3.05, 3.63) is 23.3 Å². The number of hydrogen-bond acceptors (Lipinski definition) is 4. The number of carbonyl (C=O) groups is 3. The van der Waals surface area contributed by atoms with Crippen molar-refractivity contribution < 1.29 is 32.7 Å². The Bertz CT molecular complexity index is 630. The van der Waals surface area contributed by atoms with E-state index in [4.69, 9.17) is 23.2 Å². The Kier molecular flexibility index (Phi) is 4.65. The zero-order chi connectivity index (χ0) is 17.6. The van der Waals surface area contributed by atoms with Gasteiger partial charge in [-0.2, -0.15) is 13.2 Å². The number of aliphatic carboxylic acids is 1. The third-order valence-corrected chi connectivity index (χ3v) is 4.12. The molecule has 0 bridgehead atoms. The number of carbonyl (C=O) groups excluding carboxylic acids is 3. The molecule has 0 aliphatic heterocycles. The molecule has 0 radical (unpaired) electrons. The van der Waals surface area contributed by atoms with Crippen LogP contribution < -0.4 is 5.11 Å². The Balaban J connectivity index is 2.44. The fraction of sp³-hybridized carbons (Fsp3) is 0.500. The molecule has 126 valence electrons. The van der Waals surface area contributed by atoms with Gasteiger partial charge in [0.05, 0.1) is 5.97 Å². The first kappa shape index (κ1) is 18.0. The fourth-order valence-corrected chi connectivity index (χ4v) is 2.68. The van der Waals surface area contributed by atoms with Crippen LogP contribution in [0.15, 0.2) is 23.3 Å². The zero-order valence-electron chi connectivity index (χ0n) is 11.5. The van der Waals surface area contributed by atoms with E-state index in [1.807, 2.05) is 0 Å². The van der Waals surface area contributed by atoms with Gasteiger partial charge in [0.15, 0.2) is 11.6 Å². The summed E-state index contributed by atoms with van der Waals surface area (Å²) >= 11 is 11.3. The summed E-state index contributed by atoms with van der Waals surface area (Å²) < 4.78 is 37.5. The predicted octanol–water partition coefficient (Wildman–Crippen LogP) is 1.89. The van der Waals surface area contributed by atoms with Gasteiger partial charge in [-0.25, -0.2) is 0 Å². The van der Waals surface area contributed by atoms with Crippen molar-refractivity contribution in [2.75, 3.05) is 0 Å². The first-order chi connectivity index (χ1) is 10.4. The lowest BCUT2D eigenvalue weighted by Gasteiger charge is -2.27. The molecule has 9 heteroatoms. The minimum atomic E-state index is -4.94. The number of hydrogen-bond donors (Lipinski definition) is 0. The van der Waals surface area contributed by atoms with Crippen molar-refractivity contribution >= 4 is 40.7 Å². The number of rotatable bonds is 5. The van der Waals surface area contributed by atoms with Gasteiger partial charge in [0.25, 0.3) is 0 Å². The van der Waals surface area contributed by atoms with Crippen LogP contribution in [0.5, 0.6) is 0 Å². The summed E-state index contributed by atoms with van der Waals surface area (Å²) in [6, 6.07) is 0. The van der Waals surface area contributed by atoms with Gasteiger partial charge in [-0.3, -0.25) is 9.59 Å². The van der Waals surface area contributed by atoms with Gasteiger partial charge in [0, 0.05) is 23.5 Å². The SMILES string of the molecule is O=C([O-])C(C(=O)C1=C(C(F)(F)F)CC(Cl)(Cl)C=C1)C(=O)C1CC1. The Morgan fingerprint density at radius 3 is 2.26 bits per heavy atom. The number of alkyl halides is 5. The zero-order valence-corrected chi connectivity index (χ0v) is 13.0. The van der Waals surface area contributed by atoms with Crippen molar-refractivity contribution in [3.8, 4) is 0 Å². The van der Waals surface area contributed by atoms with Crippen molar-refractivity contribution in [2.45, 2.75) is 29.8 Å². The third-order valence-electron chi connectivity index (χ3n) is 3.60. The highest BCUT2D eigenvalue weighted by atomic mass is 35.5. The third kappa shape index (κ3) is 3.95. The summed E-state index contributed by atoms with van der Waals surface area (Å²) in [4.78, 5) is 35.2. The van der Waals surface area contributed by atoms with Crippen LogP contribution in [0.25, 0.3) is 0 Å². The molecule has 0 spiro atoms. The summed E-state index contributed by atoms with van der Waals surface area (Å²) in [5, 5.41) is 11.1. The van der Waals surface area contributed by atoms with E-state index in [1.54, 1.807) is 0 Å². The quantitative estimate of drug-likeness (QED) is 0.547. The largest absolute Gasteiger partial charge is 0.549 e. The molecule has 0 saturated heterocycles. The topological polar surface area (TPSA) is 74.3 Å². The minimum absolute atomic E-state index is 0.406. The second kappa shape index (κ2) is 5.94. The lowest BCUT2D eigenvalue weighted by Crippen LogP contribution is -2.43. The van der Waals surface area contributed by atoms with E-state index >= 15 is 0 Å². The van der Waals surface area contributed by atoms with E-state index in [9.17, 15) is 32.7 Å². The molecule has 1 fully saturated rings. The fourth-order valence-electron chi connectivity index (χ4n) is 2.29. The van der Waals surface area contributed by atoms with Gasteiger partial charge in [0.2, 0.25) is 0 Å². The molecule has 0 aromatic rings. The van der Waals surface area contributed by atoms with Crippen LogP contribution in [0.4, 0.5) is 13.2 Å². The molecule has 1 atom stereocenters. The summed E-state index contributed by atoms with van der Waals surface area (Å²) in [6.45, 7) is 0. The Hall–Kier alpha value is -1.34. The Morgan fingerprint density at radius 1 is 1.26 bits per heavy atom. The normalized spacial score (nSPS) is 22.0. The summed E-state index contributed by atoms with van der Waals surface area (Å²) in [5.41, 5.74) is -2.28. The molecule has 0 amide bonds. The minimum Gasteiger partial charge on any atom is -0.549 e. The lowest BCUT2D eigenvalue weighted by atomic mass is 9.85. The van der Waals surface area contributed by atoms with Gasteiger partial charge >= 0.3 is 6.18 Å². The molecule has 0 aromatic carbocycles. The molecule has 0 aromatic heterocycles. The Labute approximate surface area is 138 Å². The van der Waals surface area contributed by atoms with E-state index in [0.717, 1.165) is 6.08 Å². The van der Waals surface area contributed by atoms with E-state index in [2.05, 4.69) is 0 Å². The molecule has 2 aliphatic rings. The van der Waals surface area contributed by atoms with Crippen molar-refractivity contribution in [1.29, 1.82) is 0 Å². The first-order valence-corrected chi connectivity index (χ1v) is 7.36. The smallest absolute Gasteiger partial charge is 0.413 e. The van der Waals surface area contributed by atoms with Gasteiger partial charge in [-0.05, 0) is 18.9 Å². The van der Waals surface area contributed by atoms with Gasteiger partial charge < -0.3 is 9.90 Å². The van der Waals surface area contributed by atoms with Gasteiger partial charge in [-0.1, -0.05) is 29.3 Å². The van der Waals surface area contributed by atoms with Crippen LogP contribution in [-0.2, 0) is 14.4 Å². The molecular weight excluding hydrogens is 360 g/mol. The van der Waals surface area contributed by atoms with Crippen LogP contribution in [0.1, 0.15) is 19.3 Å². The van der Waals surface area contributed by atoms with E-state index in [-0.39, 0.29) is 0 Å². The number of ketones is 2. The number of allylic oxidation sites excluding steroid dienone is 4. The van der Waals surface area contributed by atoms with Crippen molar-refractivity contribution in [2.24, 2.45) is 11.8 Å². The van der Waals surface area contributed by atoms with E-state index < -0.39 is 57.4 Å². The molecule has 1 unspecified atom stereocenters. The van der Waals surface area contributed by atoms with Crippen molar-refractivity contribution in [1.82, 2.24) is 0 Å². The maximum absolute atomic E-state index is 13.1. The predicted molar refractivity (Wildman–Crippen MR) is 72.5 cm³/mol. The maximum atomic E-state index is 13.1.